The summed E-state index contributed by atoms with van der Waals surface area (Å²) in [5.41, 5.74) is 5.73. The Morgan fingerprint density at radius 1 is 1.42 bits per heavy atom. The summed E-state index contributed by atoms with van der Waals surface area (Å²) in [7, 11) is -2.45. The van der Waals surface area contributed by atoms with Crippen molar-refractivity contribution in [2.75, 3.05) is 31.2 Å². The quantitative estimate of drug-likeness (QED) is 0.562. The number of rotatable bonds is 6. The van der Waals surface area contributed by atoms with Crippen LogP contribution >= 0.6 is 0 Å². The lowest BCUT2D eigenvalue weighted by Crippen LogP contribution is -2.31. The zero-order valence-electron chi connectivity index (χ0n) is 10.2. The Bertz CT molecular complexity index is 549. The van der Waals surface area contributed by atoms with Crippen LogP contribution in [0.4, 0.5) is 20.2 Å². The molecule has 9 heteroatoms. The largest absolute Gasteiger partial charge is 0.398 e. The molecular weight excluding hydrogens is 280 g/mol. The molecule has 0 saturated carbocycles. The first kappa shape index (κ1) is 15.6. The molecule has 0 aromatic heterocycles. The SMILES string of the molecule is CNS(=O)(=O)c1ccc(NCC(F)(F)CO)cc1N. The highest BCUT2D eigenvalue weighted by Crippen LogP contribution is 2.23. The van der Waals surface area contributed by atoms with Crippen LogP contribution in [0.15, 0.2) is 23.1 Å². The molecule has 0 amide bonds. The van der Waals surface area contributed by atoms with Crippen molar-refractivity contribution in [2.45, 2.75) is 10.8 Å². The number of nitrogens with one attached hydrogen (secondary N) is 2. The molecule has 108 valence electrons. The van der Waals surface area contributed by atoms with Gasteiger partial charge in [-0.25, -0.2) is 21.9 Å². The lowest BCUT2D eigenvalue weighted by atomic mass is 10.2. The third-order valence-electron chi connectivity index (χ3n) is 2.35. The van der Waals surface area contributed by atoms with Crippen molar-refractivity contribution < 1.29 is 22.3 Å². The van der Waals surface area contributed by atoms with Crippen molar-refractivity contribution in [1.82, 2.24) is 4.72 Å². The molecule has 0 fully saturated rings. The molecule has 19 heavy (non-hydrogen) atoms. The Morgan fingerprint density at radius 2 is 2.05 bits per heavy atom. The van der Waals surface area contributed by atoms with Crippen LogP contribution in [0, 0.1) is 0 Å². The maximum absolute atomic E-state index is 12.8. The smallest absolute Gasteiger partial charge is 0.287 e. The number of benzene rings is 1. The van der Waals surface area contributed by atoms with Gasteiger partial charge < -0.3 is 16.2 Å². The van der Waals surface area contributed by atoms with Gasteiger partial charge in [0.2, 0.25) is 10.0 Å². The summed E-state index contributed by atoms with van der Waals surface area (Å²) in [6.45, 7) is -2.05. The van der Waals surface area contributed by atoms with Gasteiger partial charge in [-0.2, -0.15) is 0 Å². The average Bonchev–Trinajstić information content (AvgIpc) is 2.36. The first-order valence-corrected chi connectivity index (χ1v) is 6.76. The van der Waals surface area contributed by atoms with E-state index < -0.39 is 29.1 Å². The van der Waals surface area contributed by atoms with Crippen molar-refractivity contribution in [3.63, 3.8) is 0 Å². The molecule has 0 spiro atoms. The minimum absolute atomic E-state index is 0.0633. The van der Waals surface area contributed by atoms with Gasteiger partial charge in [-0.05, 0) is 25.2 Å². The van der Waals surface area contributed by atoms with E-state index in [2.05, 4.69) is 10.0 Å². The molecule has 0 aliphatic rings. The number of hydrogen-bond donors (Lipinski definition) is 4. The van der Waals surface area contributed by atoms with Gasteiger partial charge in [0, 0.05) is 5.69 Å². The third-order valence-corrected chi connectivity index (χ3v) is 3.84. The lowest BCUT2D eigenvalue weighted by Gasteiger charge is -2.15. The molecule has 6 nitrogen and oxygen atoms in total. The highest BCUT2D eigenvalue weighted by molar-refractivity contribution is 7.89. The number of halogens is 2. The molecule has 5 N–H and O–H groups in total. The molecule has 1 rings (SSSR count). The van der Waals surface area contributed by atoms with Gasteiger partial charge in [0.05, 0.1) is 12.2 Å². The van der Waals surface area contributed by atoms with Gasteiger partial charge in [-0.1, -0.05) is 0 Å². The molecular formula is C10H15F2N3O3S. The van der Waals surface area contributed by atoms with Crippen molar-refractivity contribution in [3.8, 4) is 0 Å². The van der Waals surface area contributed by atoms with E-state index in [9.17, 15) is 17.2 Å². The minimum Gasteiger partial charge on any atom is -0.398 e. The zero-order valence-corrected chi connectivity index (χ0v) is 11.0. The summed E-state index contributed by atoms with van der Waals surface area (Å²) in [6.07, 6.45) is 0. The first-order valence-electron chi connectivity index (χ1n) is 5.27. The zero-order chi connectivity index (χ0) is 14.7. The molecule has 0 aliphatic heterocycles. The molecule has 1 aromatic rings. The second-order valence-electron chi connectivity index (χ2n) is 3.83. The Balaban J connectivity index is 2.90. The van der Waals surface area contributed by atoms with Crippen LogP contribution in [0.25, 0.3) is 0 Å². The van der Waals surface area contributed by atoms with Crippen LogP contribution in [-0.2, 0) is 10.0 Å². The third kappa shape index (κ3) is 4.01. The summed E-state index contributed by atoms with van der Waals surface area (Å²) in [6, 6.07) is 3.76. The number of nitrogens with two attached hydrogens (primary N) is 1. The van der Waals surface area contributed by atoms with Crippen LogP contribution in [0.5, 0.6) is 0 Å². The number of nitrogen functional groups attached to an aromatic ring is 1. The van der Waals surface area contributed by atoms with Crippen LogP contribution in [0.3, 0.4) is 0 Å². The van der Waals surface area contributed by atoms with E-state index in [0.29, 0.717) is 0 Å². The van der Waals surface area contributed by atoms with Gasteiger partial charge in [-0.15, -0.1) is 0 Å². The van der Waals surface area contributed by atoms with E-state index in [1.807, 2.05) is 0 Å². The molecule has 0 radical (unpaired) electrons. The van der Waals surface area contributed by atoms with Crippen LogP contribution < -0.4 is 15.8 Å². The van der Waals surface area contributed by atoms with Crippen molar-refractivity contribution in [3.05, 3.63) is 18.2 Å². The Labute approximate surface area is 109 Å². The number of alkyl halides is 2. The second kappa shape index (κ2) is 5.68. The fourth-order valence-corrected chi connectivity index (χ4v) is 2.14. The molecule has 1 aromatic carbocycles. The molecule has 0 unspecified atom stereocenters. The highest BCUT2D eigenvalue weighted by atomic mass is 32.2. The lowest BCUT2D eigenvalue weighted by molar-refractivity contribution is -0.0372. The van der Waals surface area contributed by atoms with Gasteiger partial charge in [0.15, 0.2) is 0 Å². The van der Waals surface area contributed by atoms with Gasteiger partial charge in [0.1, 0.15) is 11.5 Å². The molecule has 0 saturated heterocycles. The summed E-state index contributed by atoms with van der Waals surface area (Å²) in [5.74, 6) is -3.26. The molecule has 0 aliphatic carbocycles. The Morgan fingerprint density at radius 3 is 2.53 bits per heavy atom. The normalized spacial score (nSPS) is 12.4. The summed E-state index contributed by atoms with van der Waals surface area (Å²) in [4.78, 5) is -0.130. The fourth-order valence-electron chi connectivity index (χ4n) is 1.30. The van der Waals surface area contributed by atoms with Crippen molar-refractivity contribution in [2.24, 2.45) is 0 Å². The molecule has 0 atom stereocenters. The van der Waals surface area contributed by atoms with Crippen molar-refractivity contribution in [1.29, 1.82) is 0 Å². The molecule has 0 heterocycles. The number of aliphatic hydroxyl groups is 1. The second-order valence-corrected chi connectivity index (χ2v) is 5.68. The topological polar surface area (TPSA) is 104 Å². The maximum Gasteiger partial charge on any atom is 0.287 e. The summed E-state index contributed by atoms with van der Waals surface area (Å²) in [5, 5.41) is 10.8. The van der Waals surface area contributed by atoms with Gasteiger partial charge >= 0.3 is 0 Å². The summed E-state index contributed by atoms with van der Waals surface area (Å²) >= 11 is 0. The van der Waals surface area contributed by atoms with Crippen LogP contribution in [-0.4, -0.2) is 39.6 Å². The standard InChI is InChI=1S/C10H15F2N3O3S/c1-14-19(17,18)9-3-2-7(4-8(9)13)15-5-10(11,12)6-16/h2-4,14-16H,5-6,13H2,1H3. The van der Waals surface area contributed by atoms with E-state index in [4.69, 9.17) is 10.8 Å². The number of sulfonamides is 1. The van der Waals surface area contributed by atoms with Gasteiger partial charge in [-0.3, -0.25) is 0 Å². The van der Waals surface area contributed by atoms with Crippen molar-refractivity contribution >= 4 is 21.4 Å². The van der Waals surface area contributed by atoms with E-state index >= 15 is 0 Å². The number of anilines is 2. The van der Waals surface area contributed by atoms with Gasteiger partial charge in [0.25, 0.3) is 5.92 Å². The number of aliphatic hydroxyl groups excluding tert-OH is 1. The average molecular weight is 295 g/mol. The van der Waals surface area contributed by atoms with E-state index in [0.717, 1.165) is 0 Å². The Kier molecular flexibility index (Phi) is 4.66. The Hall–Kier alpha value is -1.45. The van der Waals surface area contributed by atoms with E-state index in [1.165, 1.54) is 25.2 Å². The fraction of sp³-hybridized carbons (Fsp3) is 0.400. The van der Waals surface area contributed by atoms with E-state index in [-0.39, 0.29) is 16.3 Å². The first-order chi connectivity index (χ1) is 8.72. The van der Waals surface area contributed by atoms with Crippen LogP contribution in [0.2, 0.25) is 0 Å². The predicted octanol–water partition coefficient (Wildman–Crippen LogP) is 0.216. The minimum atomic E-state index is -3.68. The predicted molar refractivity (Wildman–Crippen MR) is 67.6 cm³/mol. The number of hydrogen-bond acceptors (Lipinski definition) is 5. The molecule has 0 bridgehead atoms. The monoisotopic (exact) mass is 295 g/mol. The van der Waals surface area contributed by atoms with E-state index in [1.54, 1.807) is 0 Å². The maximum atomic E-state index is 12.8. The van der Waals surface area contributed by atoms with Crippen LogP contribution in [0.1, 0.15) is 0 Å². The highest BCUT2D eigenvalue weighted by Gasteiger charge is 2.27. The summed E-state index contributed by atoms with van der Waals surface area (Å²) < 4.78 is 50.8.